The van der Waals surface area contributed by atoms with E-state index in [1.807, 2.05) is 36.4 Å². The summed E-state index contributed by atoms with van der Waals surface area (Å²) in [5.74, 6) is 0. The van der Waals surface area contributed by atoms with Crippen molar-refractivity contribution in [1.82, 2.24) is 0 Å². The molecule has 0 saturated heterocycles. The van der Waals surface area contributed by atoms with E-state index in [2.05, 4.69) is 13.0 Å². The third kappa shape index (κ3) is 2.37. The predicted octanol–water partition coefficient (Wildman–Crippen LogP) is 3.82. The standard InChI is InChI=1S/C14H14ClN/c1-10-3-2-4-14(16)13(10)9-11-5-7-12(15)8-6-11/h2-8H,9,16H2,1H3. The minimum Gasteiger partial charge on any atom is -0.398 e. The van der Waals surface area contributed by atoms with Gasteiger partial charge >= 0.3 is 0 Å². The van der Waals surface area contributed by atoms with Gasteiger partial charge in [-0.2, -0.15) is 0 Å². The zero-order valence-electron chi connectivity index (χ0n) is 9.20. The Hall–Kier alpha value is -1.47. The molecule has 0 aromatic heterocycles. The molecule has 82 valence electrons. The van der Waals surface area contributed by atoms with Crippen molar-refractivity contribution in [3.8, 4) is 0 Å². The molecule has 16 heavy (non-hydrogen) atoms. The molecule has 0 heterocycles. The maximum atomic E-state index is 5.97. The van der Waals surface area contributed by atoms with Crippen molar-refractivity contribution in [2.75, 3.05) is 5.73 Å². The molecule has 2 aromatic rings. The van der Waals surface area contributed by atoms with E-state index >= 15 is 0 Å². The van der Waals surface area contributed by atoms with E-state index in [1.54, 1.807) is 0 Å². The Morgan fingerprint density at radius 3 is 2.38 bits per heavy atom. The van der Waals surface area contributed by atoms with Crippen LogP contribution in [0.2, 0.25) is 5.02 Å². The van der Waals surface area contributed by atoms with Gasteiger partial charge in [-0.05, 0) is 48.2 Å². The Labute approximate surface area is 101 Å². The number of hydrogen-bond acceptors (Lipinski definition) is 1. The third-order valence-corrected chi connectivity index (χ3v) is 2.99. The summed E-state index contributed by atoms with van der Waals surface area (Å²) in [5.41, 5.74) is 10.5. The van der Waals surface area contributed by atoms with Crippen molar-refractivity contribution in [3.05, 3.63) is 64.2 Å². The topological polar surface area (TPSA) is 26.0 Å². The second-order valence-corrected chi connectivity index (χ2v) is 4.38. The Balaban J connectivity index is 2.30. The highest BCUT2D eigenvalue weighted by atomic mass is 35.5. The lowest BCUT2D eigenvalue weighted by atomic mass is 9.99. The van der Waals surface area contributed by atoms with Crippen molar-refractivity contribution < 1.29 is 0 Å². The number of anilines is 1. The van der Waals surface area contributed by atoms with Crippen LogP contribution in [0.15, 0.2) is 42.5 Å². The molecule has 0 amide bonds. The van der Waals surface area contributed by atoms with Gasteiger partial charge in [0.25, 0.3) is 0 Å². The Kier molecular flexibility index (Phi) is 3.16. The van der Waals surface area contributed by atoms with Gasteiger partial charge in [-0.1, -0.05) is 35.9 Å². The van der Waals surface area contributed by atoms with Gasteiger partial charge in [0, 0.05) is 10.7 Å². The first-order valence-electron chi connectivity index (χ1n) is 5.25. The van der Waals surface area contributed by atoms with E-state index in [0.29, 0.717) is 0 Å². The number of hydrogen-bond donors (Lipinski definition) is 1. The van der Waals surface area contributed by atoms with Crippen molar-refractivity contribution >= 4 is 17.3 Å². The molecular formula is C14H14ClN. The van der Waals surface area contributed by atoms with Crippen LogP contribution >= 0.6 is 11.6 Å². The highest BCUT2D eigenvalue weighted by Gasteiger charge is 2.03. The smallest absolute Gasteiger partial charge is 0.0406 e. The highest BCUT2D eigenvalue weighted by Crippen LogP contribution is 2.21. The summed E-state index contributed by atoms with van der Waals surface area (Å²) in [5, 5.41) is 0.765. The molecule has 0 fully saturated rings. The zero-order valence-corrected chi connectivity index (χ0v) is 9.96. The minimum atomic E-state index is 0.765. The summed E-state index contributed by atoms with van der Waals surface area (Å²) in [6.45, 7) is 2.08. The quantitative estimate of drug-likeness (QED) is 0.782. The van der Waals surface area contributed by atoms with E-state index in [0.717, 1.165) is 17.1 Å². The first-order chi connectivity index (χ1) is 7.66. The van der Waals surface area contributed by atoms with E-state index in [4.69, 9.17) is 17.3 Å². The molecule has 0 aliphatic carbocycles. The number of nitrogens with two attached hydrogens (primary N) is 1. The molecule has 0 saturated carbocycles. The van der Waals surface area contributed by atoms with Gasteiger partial charge in [0.1, 0.15) is 0 Å². The molecule has 0 bridgehead atoms. The lowest BCUT2D eigenvalue weighted by Crippen LogP contribution is -1.98. The summed E-state index contributed by atoms with van der Waals surface area (Å²) < 4.78 is 0. The van der Waals surface area contributed by atoms with Crippen molar-refractivity contribution in [3.63, 3.8) is 0 Å². The lowest BCUT2D eigenvalue weighted by molar-refractivity contribution is 1.16. The number of aryl methyl sites for hydroxylation is 1. The third-order valence-electron chi connectivity index (χ3n) is 2.74. The molecule has 0 aliphatic heterocycles. The number of nitrogen functional groups attached to an aromatic ring is 1. The molecule has 0 unspecified atom stereocenters. The van der Waals surface area contributed by atoms with Gasteiger partial charge < -0.3 is 5.73 Å². The van der Waals surface area contributed by atoms with Crippen molar-refractivity contribution in [2.45, 2.75) is 13.3 Å². The monoisotopic (exact) mass is 231 g/mol. The zero-order chi connectivity index (χ0) is 11.5. The van der Waals surface area contributed by atoms with Crippen molar-refractivity contribution in [1.29, 1.82) is 0 Å². The van der Waals surface area contributed by atoms with Crippen LogP contribution in [-0.4, -0.2) is 0 Å². The van der Waals surface area contributed by atoms with E-state index in [-0.39, 0.29) is 0 Å². The lowest BCUT2D eigenvalue weighted by Gasteiger charge is -2.09. The molecule has 0 aliphatic rings. The molecule has 2 rings (SSSR count). The van der Waals surface area contributed by atoms with Crippen LogP contribution in [0, 0.1) is 6.92 Å². The van der Waals surface area contributed by atoms with Gasteiger partial charge in [-0.3, -0.25) is 0 Å². The summed E-state index contributed by atoms with van der Waals surface area (Å²) in [6, 6.07) is 13.9. The summed E-state index contributed by atoms with van der Waals surface area (Å²) in [4.78, 5) is 0. The average Bonchev–Trinajstić information content (AvgIpc) is 2.26. The molecule has 2 aromatic carbocycles. The van der Waals surface area contributed by atoms with Crippen LogP contribution in [0.4, 0.5) is 5.69 Å². The maximum absolute atomic E-state index is 5.97. The minimum absolute atomic E-state index is 0.765. The first-order valence-corrected chi connectivity index (χ1v) is 5.63. The van der Waals surface area contributed by atoms with Gasteiger partial charge in [-0.25, -0.2) is 0 Å². The number of benzene rings is 2. The average molecular weight is 232 g/mol. The Bertz CT molecular complexity index is 468. The van der Waals surface area contributed by atoms with Gasteiger partial charge in [0.2, 0.25) is 0 Å². The Morgan fingerprint density at radius 1 is 1.06 bits per heavy atom. The highest BCUT2D eigenvalue weighted by molar-refractivity contribution is 6.30. The summed E-state index contributed by atoms with van der Waals surface area (Å²) in [6.07, 6.45) is 0.857. The van der Waals surface area contributed by atoms with Crippen LogP contribution in [0.3, 0.4) is 0 Å². The number of rotatable bonds is 2. The Morgan fingerprint density at radius 2 is 1.75 bits per heavy atom. The van der Waals surface area contributed by atoms with Crippen LogP contribution < -0.4 is 5.73 Å². The van der Waals surface area contributed by atoms with Crippen molar-refractivity contribution in [2.24, 2.45) is 0 Å². The molecule has 0 atom stereocenters. The molecule has 1 nitrogen and oxygen atoms in total. The first kappa shape index (κ1) is 11.0. The normalized spacial score (nSPS) is 10.4. The van der Waals surface area contributed by atoms with Crippen LogP contribution in [0.25, 0.3) is 0 Å². The summed E-state index contributed by atoms with van der Waals surface area (Å²) in [7, 11) is 0. The fraction of sp³-hybridized carbons (Fsp3) is 0.143. The van der Waals surface area contributed by atoms with Crippen LogP contribution in [0.1, 0.15) is 16.7 Å². The van der Waals surface area contributed by atoms with Gasteiger partial charge in [-0.15, -0.1) is 0 Å². The maximum Gasteiger partial charge on any atom is 0.0406 e. The van der Waals surface area contributed by atoms with Gasteiger partial charge in [0.05, 0.1) is 0 Å². The molecule has 2 N–H and O–H groups in total. The second-order valence-electron chi connectivity index (χ2n) is 3.95. The predicted molar refractivity (Wildman–Crippen MR) is 69.8 cm³/mol. The SMILES string of the molecule is Cc1cccc(N)c1Cc1ccc(Cl)cc1. The second kappa shape index (κ2) is 4.58. The molecule has 0 radical (unpaired) electrons. The van der Waals surface area contributed by atoms with Crippen LogP contribution in [-0.2, 0) is 6.42 Å². The van der Waals surface area contributed by atoms with E-state index in [1.165, 1.54) is 16.7 Å². The number of halogens is 1. The van der Waals surface area contributed by atoms with E-state index in [9.17, 15) is 0 Å². The van der Waals surface area contributed by atoms with Crippen LogP contribution in [0.5, 0.6) is 0 Å². The summed E-state index contributed by atoms with van der Waals surface area (Å²) >= 11 is 5.85. The molecular weight excluding hydrogens is 218 g/mol. The largest absolute Gasteiger partial charge is 0.398 e. The fourth-order valence-electron chi connectivity index (χ4n) is 1.77. The molecule has 2 heteroatoms. The molecule has 0 spiro atoms. The van der Waals surface area contributed by atoms with Gasteiger partial charge in [0.15, 0.2) is 0 Å². The van der Waals surface area contributed by atoms with E-state index < -0.39 is 0 Å². The fourth-order valence-corrected chi connectivity index (χ4v) is 1.90.